The molecule has 9 heteroatoms. The maximum absolute atomic E-state index is 13.7. The number of nitrogens with one attached hydrogen (secondary N) is 1. The molecule has 1 atom stereocenters. The summed E-state index contributed by atoms with van der Waals surface area (Å²) in [5.41, 5.74) is 2.19. The quantitative estimate of drug-likeness (QED) is 0.507. The van der Waals surface area contributed by atoms with Gasteiger partial charge in [0.15, 0.2) is 0 Å². The minimum Gasteiger partial charge on any atom is -0.352 e. The number of sulfonamides is 1. The molecular formula is C26H34ClN3O4S. The average Bonchev–Trinajstić information content (AvgIpc) is 3.31. The normalized spacial score (nSPS) is 15.0. The van der Waals surface area contributed by atoms with E-state index in [1.807, 2.05) is 13.8 Å². The van der Waals surface area contributed by atoms with E-state index in [4.69, 9.17) is 11.6 Å². The van der Waals surface area contributed by atoms with Crippen LogP contribution in [-0.2, 0) is 26.2 Å². The monoisotopic (exact) mass is 519 g/mol. The Labute approximate surface area is 213 Å². The van der Waals surface area contributed by atoms with Gasteiger partial charge in [0.2, 0.25) is 21.8 Å². The fraction of sp³-hybridized carbons (Fsp3) is 0.462. The highest BCUT2D eigenvalue weighted by Crippen LogP contribution is 2.22. The highest BCUT2D eigenvalue weighted by molar-refractivity contribution is 7.92. The van der Waals surface area contributed by atoms with Crippen LogP contribution in [0.2, 0.25) is 5.02 Å². The smallest absolute Gasteiger partial charge is 0.244 e. The van der Waals surface area contributed by atoms with Crippen molar-refractivity contribution in [3.63, 3.8) is 0 Å². The zero-order valence-electron chi connectivity index (χ0n) is 20.5. The SMILES string of the molecule is CC[C@H](C(=O)NC1CCCC1)N(Cc1ccc(Cl)cc1)C(=O)CN(c1ccc(C)cc1)S(C)(=O)=O. The van der Waals surface area contributed by atoms with Crippen LogP contribution in [0.4, 0.5) is 5.69 Å². The van der Waals surface area contributed by atoms with Crippen LogP contribution in [0.5, 0.6) is 0 Å². The molecule has 35 heavy (non-hydrogen) atoms. The third kappa shape index (κ3) is 7.45. The summed E-state index contributed by atoms with van der Waals surface area (Å²) in [5, 5.41) is 3.67. The van der Waals surface area contributed by atoms with E-state index < -0.39 is 28.5 Å². The molecule has 0 bridgehead atoms. The van der Waals surface area contributed by atoms with E-state index in [0.29, 0.717) is 17.1 Å². The number of benzene rings is 2. The molecule has 0 aromatic heterocycles. The number of hydrogen-bond acceptors (Lipinski definition) is 4. The van der Waals surface area contributed by atoms with Crippen molar-refractivity contribution in [2.75, 3.05) is 17.1 Å². The van der Waals surface area contributed by atoms with Crippen molar-refractivity contribution in [1.82, 2.24) is 10.2 Å². The minimum atomic E-state index is -3.74. The van der Waals surface area contributed by atoms with Crippen LogP contribution in [0.1, 0.15) is 50.2 Å². The molecule has 1 aliphatic rings. The van der Waals surface area contributed by atoms with E-state index in [-0.39, 0.29) is 18.5 Å². The topological polar surface area (TPSA) is 86.8 Å². The second-order valence-electron chi connectivity index (χ2n) is 9.17. The van der Waals surface area contributed by atoms with Gasteiger partial charge in [0.05, 0.1) is 11.9 Å². The Morgan fingerprint density at radius 1 is 1.06 bits per heavy atom. The molecule has 0 saturated heterocycles. The molecule has 0 heterocycles. The predicted octanol–water partition coefficient (Wildman–Crippen LogP) is 4.28. The van der Waals surface area contributed by atoms with Crippen LogP contribution in [0.25, 0.3) is 0 Å². The number of nitrogens with zero attached hydrogens (tertiary/aromatic N) is 2. The number of amides is 2. The van der Waals surface area contributed by atoms with E-state index in [9.17, 15) is 18.0 Å². The summed E-state index contributed by atoms with van der Waals surface area (Å²) in [4.78, 5) is 28.4. The van der Waals surface area contributed by atoms with Crippen LogP contribution in [0.15, 0.2) is 48.5 Å². The third-order valence-electron chi connectivity index (χ3n) is 6.35. The molecule has 0 radical (unpaired) electrons. The lowest BCUT2D eigenvalue weighted by atomic mass is 10.1. The summed E-state index contributed by atoms with van der Waals surface area (Å²) in [7, 11) is -3.74. The van der Waals surface area contributed by atoms with Gasteiger partial charge in [-0.2, -0.15) is 0 Å². The van der Waals surface area contributed by atoms with Gasteiger partial charge >= 0.3 is 0 Å². The Kier molecular flexibility index (Phi) is 9.19. The number of carbonyl (C=O) groups is 2. The van der Waals surface area contributed by atoms with Gasteiger partial charge in [-0.3, -0.25) is 13.9 Å². The predicted molar refractivity (Wildman–Crippen MR) is 140 cm³/mol. The van der Waals surface area contributed by atoms with E-state index in [0.717, 1.165) is 47.4 Å². The number of aryl methyl sites for hydroxylation is 1. The Morgan fingerprint density at radius 2 is 1.66 bits per heavy atom. The zero-order chi connectivity index (χ0) is 25.6. The number of hydrogen-bond donors (Lipinski definition) is 1. The van der Waals surface area contributed by atoms with E-state index in [1.165, 1.54) is 4.90 Å². The largest absolute Gasteiger partial charge is 0.352 e. The standard InChI is InChI=1S/C26H34ClN3O4S/c1-4-24(26(32)28-22-7-5-6-8-22)29(17-20-11-13-21(27)14-12-20)25(31)18-30(35(3,33)34)23-15-9-19(2)10-16-23/h9-16,22,24H,4-8,17-18H2,1-3H3,(H,28,32)/t24-/m1/s1. The van der Waals surface area contributed by atoms with Gasteiger partial charge < -0.3 is 10.2 Å². The Morgan fingerprint density at radius 3 is 2.20 bits per heavy atom. The van der Waals surface area contributed by atoms with Crippen molar-refractivity contribution in [2.24, 2.45) is 0 Å². The van der Waals surface area contributed by atoms with Crippen molar-refractivity contribution in [3.8, 4) is 0 Å². The van der Waals surface area contributed by atoms with Crippen molar-refractivity contribution < 1.29 is 18.0 Å². The third-order valence-corrected chi connectivity index (χ3v) is 7.75. The molecule has 0 spiro atoms. The van der Waals surface area contributed by atoms with Gasteiger partial charge in [-0.05, 0) is 56.0 Å². The molecule has 2 aromatic carbocycles. The highest BCUT2D eigenvalue weighted by Gasteiger charge is 2.33. The first-order valence-corrected chi connectivity index (χ1v) is 14.2. The second kappa shape index (κ2) is 11.9. The Balaban J connectivity index is 1.90. The molecule has 2 aromatic rings. The lowest BCUT2D eigenvalue weighted by Gasteiger charge is -2.33. The molecule has 1 aliphatic carbocycles. The molecule has 1 fully saturated rings. The minimum absolute atomic E-state index is 0.115. The summed E-state index contributed by atoms with van der Waals surface area (Å²) in [6.07, 6.45) is 5.50. The van der Waals surface area contributed by atoms with Gasteiger partial charge in [-0.1, -0.05) is 61.2 Å². The van der Waals surface area contributed by atoms with Crippen molar-refractivity contribution in [2.45, 2.75) is 64.6 Å². The number of anilines is 1. The molecule has 190 valence electrons. The first-order chi connectivity index (χ1) is 16.6. The molecule has 7 nitrogen and oxygen atoms in total. The molecule has 0 aliphatic heterocycles. The molecule has 1 N–H and O–H groups in total. The van der Waals surface area contributed by atoms with Crippen molar-refractivity contribution >= 4 is 39.1 Å². The molecule has 0 unspecified atom stereocenters. The van der Waals surface area contributed by atoms with E-state index in [1.54, 1.807) is 48.5 Å². The number of carbonyl (C=O) groups excluding carboxylic acids is 2. The van der Waals surface area contributed by atoms with Gasteiger partial charge in [0.1, 0.15) is 12.6 Å². The Hall–Kier alpha value is -2.58. The van der Waals surface area contributed by atoms with Crippen LogP contribution >= 0.6 is 11.6 Å². The Bertz CT molecular complexity index is 1110. The first kappa shape index (κ1) is 27.0. The maximum atomic E-state index is 13.7. The second-order valence-corrected chi connectivity index (χ2v) is 11.5. The van der Waals surface area contributed by atoms with Crippen molar-refractivity contribution in [1.29, 1.82) is 0 Å². The van der Waals surface area contributed by atoms with Crippen molar-refractivity contribution in [3.05, 3.63) is 64.7 Å². The van der Waals surface area contributed by atoms with E-state index >= 15 is 0 Å². The number of halogens is 1. The van der Waals surface area contributed by atoms with Gasteiger partial charge in [0.25, 0.3) is 0 Å². The molecule has 3 rings (SSSR count). The summed E-state index contributed by atoms with van der Waals surface area (Å²) in [6, 6.07) is 13.4. The zero-order valence-corrected chi connectivity index (χ0v) is 22.1. The summed E-state index contributed by atoms with van der Waals surface area (Å²) in [5.74, 6) is -0.651. The lowest BCUT2D eigenvalue weighted by Crippen LogP contribution is -2.53. The van der Waals surface area contributed by atoms with E-state index in [2.05, 4.69) is 5.32 Å². The number of rotatable bonds is 10. The van der Waals surface area contributed by atoms with Crippen LogP contribution in [-0.4, -0.2) is 50.0 Å². The fourth-order valence-corrected chi connectivity index (χ4v) is 5.37. The molecule has 2 amide bonds. The van der Waals surface area contributed by atoms with Gasteiger partial charge in [0, 0.05) is 17.6 Å². The summed E-state index contributed by atoms with van der Waals surface area (Å²) >= 11 is 6.03. The highest BCUT2D eigenvalue weighted by atomic mass is 35.5. The fourth-order valence-electron chi connectivity index (χ4n) is 4.40. The van der Waals surface area contributed by atoms with Gasteiger partial charge in [-0.15, -0.1) is 0 Å². The first-order valence-electron chi connectivity index (χ1n) is 12.0. The lowest BCUT2D eigenvalue weighted by molar-refractivity contribution is -0.140. The summed E-state index contributed by atoms with van der Waals surface area (Å²) in [6.45, 7) is 3.53. The maximum Gasteiger partial charge on any atom is 0.244 e. The molecular weight excluding hydrogens is 486 g/mol. The van der Waals surface area contributed by atoms with Crippen LogP contribution in [0, 0.1) is 6.92 Å². The summed E-state index contributed by atoms with van der Waals surface area (Å²) < 4.78 is 26.4. The van der Waals surface area contributed by atoms with Gasteiger partial charge in [-0.25, -0.2) is 8.42 Å². The molecule has 1 saturated carbocycles. The average molecular weight is 520 g/mol. The van der Waals surface area contributed by atoms with Crippen LogP contribution in [0.3, 0.4) is 0 Å². The van der Waals surface area contributed by atoms with Crippen LogP contribution < -0.4 is 9.62 Å².